The molecular formula is C9H7F6NO4. The third-order valence-corrected chi connectivity index (χ3v) is 1.96. The van der Waals surface area contributed by atoms with Crippen LogP contribution in [0.5, 0.6) is 0 Å². The number of aliphatic carboxylic acids is 1. The molecule has 20 heavy (non-hydrogen) atoms. The summed E-state index contributed by atoms with van der Waals surface area (Å²) in [7, 11) is 0. The molecule has 5 nitrogen and oxygen atoms in total. The molecule has 0 aliphatic heterocycles. The number of alkyl halides is 6. The third-order valence-electron chi connectivity index (χ3n) is 1.96. The number of halogens is 6. The van der Waals surface area contributed by atoms with Gasteiger partial charge < -0.3 is 5.11 Å². The summed E-state index contributed by atoms with van der Waals surface area (Å²) in [6, 6.07) is 0. The highest BCUT2D eigenvalue weighted by Gasteiger charge is 2.78. The summed E-state index contributed by atoms with van der Waals surface area (Å²) in [5.41, 5.74) is -0.539. The number of hydrogen-bond donors (Lipinski definition) is 2. The van der Waals surface area contributed by atoms with E-state index in [9.17, 15) is 40.7 Å². The molecule has 2 N–H and O–H groups in total. The minimum Gasteiger partial charge on any atom is -0.477 e. The SMILES string of the molecule is C=C(C)C(=O)NC(=O)C(F)(F)C(F)(F)C(F)(F)C(=O)O. The molecule has 0 heterocycles. The minimum absolute atomic E-state index is 0.539. The molecule has 0 saturated carbocycles. The van der Waals surface area contributed by atoms with Gasteiger partial charge in [0, 0.05) is 5.57 Å². The van der Waals surface area contributed by atoms with Crippen molar-refractivity contribution in [2.75, 3.05) is 0 Å². The summed E-state index contributed by atoms with van der Waals surface area (Å²) in [4.78, 5) is 31.5. The Morgan fingerprint density at radius 3 is 1.70 bits per heavy atom. The molecule has 114 valence electrons. The van der Waals surface area contributed by atoms with Crippen molar-refractivity contribution >= 4 is 17.8 Å². The lowest BCUT2D eigenvalue weighted by Crippen LogP contribution is -2.63. The van der Waals surface area contributed by atoms with Crippen LogP contribution in [0.2, 0.25) is 0 Å². The third kappa shape index (κ3) is 2.75. The van der Waals surface area contributed by atoms with Crippen LogP contribution in [0.25, 0.3) is 0 Å². The van der Waals surface area contributed by atoms with Crippen molar-refractivity contribution in [2.45, 2.75) is 24.7 Å². The van der Waals surface area contributed by atoms with E-state index in [1.807, 2.05) is 0 Å². The first kappa shape index (κ1) is 17.9. The highest BCUT2D eigenvalue weighted by Crippen LogP contribution is 2.45. The topological polar surface area (TPSA) is 83.5 Å². The molecule has 0 spiro atoms. The second kappa shape index (κ2) is 5.13. The average Bonchev–Trinajstić information content (AvgIpc) is 2.27. The number of carbonyl (C=O) groups is 3. The number of carboxylic acid groups (broad SMARTS) is 1. The minimum atomic E-state index is -6.55. The predicted octanol–water partition coefficient (Wildman–Crippen LogP) is 1.20. The van der Waals surface area contributed by atoms with E-state index in [0.29, 0.717) is 5.32 Å². The van der Waals surface area contributed by atoms with Gasteiger partial charge in [-0.1, -0.05) is 6.58 Å². The van der Waals surface area contributed by atoms with Crippen LogP contribution in [0.15, 0.2) is 12.2 Å². The lowest BCUT2D eigenvalue weighted by Gasteiger charge is -2.29. The summed E-state index contributed by atoms with van der Waals surface area (Å²) in [5, 5.41) is 8.52. The van der Waals surface area contributed by atoms with Gasteiger partial charge in [-0.25, -0.2) is 4.79 Å². The van der Waals surface area contributed by atoms with E-state index in [2.05, 4.69) is 6.58 Å². The van der Waals surface area contributed by atoms with Gasteiger partial charge in [0.1, 0.15) is 0 Å². The molecule has 0 bridgehead atoms. The molecule has 0 unspecified atom stereocenters. The summed E-state index contributed by atoms with van der Waals surface area (Å²) in [5.74, 6) is -27.1. The van der Waals surface area contributed by atoms with Crippen LogP contribution in [-0.4, -0.2) is 40.7 Å². The molecule has 0 aliphatic rings. The van der Waals surface area contributed by atoms with Crippen molar-refractivity contribution in [1.82, 2.24) is 5.32 Å². The Morgan fingerprint density at radius 2 is 1.40 bits per heavy atom. The predicted molar refractivity (Wildman–Crippen MR) is 50.4 cm³/mol. The van der Waals surface area contributed by atoms with Crippen LogP contribution in [0.1, 0.15) is 6.92 Å². The summed E-state index contributed by atoms with van der Waals surface area (Å²) < 4.78 is 76.8. The monoisotopic (exact) mass is 307 g/mol. The van der Waals surface area contributed by atoms with Gasteiger partial charge in [-0.2, -0.15) is 26.3 Å². The second-order valence-corrected chi connectivity index (χ2v) is 3.59. The Hall–Kier alpha value is -2.07. The molecule has 0 aromatic rings. The molecule has 2 amide bonds. The second-order valence-electron chi connectivity index (χ2n) is 3.59. The highest BCUT2D eigenvalue weighted by atomic mass is 19.3. The number of hydrogen-bond acceptors (Lipinski definition) is 3. The Labute approximate surface area is 107 Å². The zero-order chi connectivity index (χ0) is 16.5. The molecule has 0 aliphatic carbocycles. The van der Waals surface area contributed by atoms with Crippen LogP contribution >= 0.6 is 0 Å². The number of imide groups is 1. The summed E-state index contributed by atoms with van der Waals surface area (Å²) in [6.45, 7) is 3.81. The molecule has 0 atom stereocenters. The van der Waals surface area contributed by atoms with Crippen molar-refractivity contribution in [3.05, 3.63) is 12.2 Å². The van der Waals surface area contributed by atoms with Gasteiger partial charge in [0.15, 0.2) is 0 Å². The average molecular weight is 307 g/mol. The van der Waals surface area contributed by atoms with Crippen LogP contribution in [-0.2, 0) is 14.4 Å². The van der Waals surface area contributed by atoms with E-state index in [4.69, 9.17) is 5.11 Å². The zero-order valence-electron chi connectivity index (χ0n) is 9.65. The number of carboxylic acids is 1. The molecule has 0 saturated heterocycles. The number of nitrogens with one attached hydrogen (secondary N) is 1. The van der Waals surface area contributed by atoms with Gasteiger partial charge in [0.05, 0.1) is 0 Å². The first-order valence-electron chi connectivity index (χ1n) is 4.57. The maximum Gasteiger partial charge on any atom is 0.411 e. The summed E-state index contributed by atoms with van der Waals surface area (Å²) in [6.07, 6.45) is 0. The highest BCUT2D eigenvalue weighted by molar-refractivity contribution is 6.06. The molecule has 0 aromatic carbocycles. The van der Waals surface area contributed by atoms with E-state index in [1.54, 1.807) is 0 Å². The molecule has 0 aromatic heterocycles. The Bertz CT molecular complexity index is 473. The molecule has 11 heteroatoms. The first-order chi connectivity index (χ1) is 8.69. The fourth-order valence-corrected chi connectivity index (χ4v) is 0.762. The van der Waals surface area contributed by atoms with Crippen LogP contribution in [0.3, 0.4) is 0 Å². The maximum atomic E-state index is 13.0. The lowest BCUT2D eigenvalue weighted by molar-refractivity contribution is -0.292. The van der Waals surface area contributed by atoms with Gasteiger partial charge in [-0.15, -0.1) is 0 Å². The quantitative estimate of drug-likeness (QED) is 0.590. The van der Waals surface area contributed by atoms with Crippen molar-refractivity contribution < 1.29 is 45.8 Å². The van der Waals surface area contributed by atoms with Crippen molar-refractivity contribution in [2.24, 2.45) is 0 Å². The van der Waals surface area contributed by atoms with Crippen molar-refractivity contribution in [1.29, 1.82) is 0 Å². The van der Waals surface area contributed by atoms with E-state index in [1.165, 1.54) is 0 Å². The smallest absolute Gasteiger partial charge is 0.411 e. The largest absolute Gasteiger partial charge is 0.477 e. The number of rotatable bonds is 5. The molecular weight excluding hydrogens is 300 g/mol. The molecule has 0 fully saturated rings. The standard InChI is InChI=1S/C9H7F6NO4/c1-3(2)4(17)16-5(18)7(10,11)9(14,15)8(12,13)6(19)20/h1H2,2H3,(H,19,20)(H,16,17,18). The normalized spacial score (nSPS) is 12.8. The Balaban J connectivity index is 5.51. The summed E-state index contributed by atoms with van der Waals surface area (Å²) >= 11 is 0. The van der Waals surface area contributed by atoms with E-state index in [-0.39, 0.29) is 0 Å². The van der Waals surface area contributed by atoms with Crippen LogP contribution in [0, 0.1) is 0 Å². The van der Waals surface area contributed by atoms with E-state index >= 15 is 0 Å². The van der Waals surface area contributed by atoms with Gasteiger partial charge in [-0.05, 0) is 6.92 Å². The van der Waals surface area contributed by atoms with Crippen LogP contribution in [0.4, 0.5) is 26.3 Å². The zero-order valence-corrected chi connectivity index (χ0v) is 9.65. The van der Waals surface area contributed by atoms with Crippen LogP contribution < -0.4 is 5.32 Å². The van der Waals surface area contributed by atoms with Gasteiger partial charge in [0.25, 0.3) is 5.91 Å². The number of carbonyl (C=O) groups excluding carboxylic acids is 2. The maximum absolute atomic E-state index is 13.0. The number of amides is 2. The van der Waals surface area contributed by atoms with Crippen molar-refractivity contribution in [3.63, 3.8) is 0 Å². The Morgan fingerprint density at radius 1 is 1.00 bits per heavy atom. The van der Waals surface area contributed by atoms with E-state index in [0.717, 1.165) is 6.92 Å². The van der Waals surface area contributed by atoms with Gasteiger partial charge in [-0.3, -0.25) is 14.9 Å². The fraction of sp³-hybridized carbons (Fsp3) is 0.444. The van der Waals surface area contributed by atoms with E-state index < -0.39 is 41.1 Å². The van der Waals surface area contributed by atoms with Gasteiger partial charge in [0.2, 0.25) is 0 Å². The molecule has 0 rings (SSSR count). The Kier molecular flexibility index (Phi) is 4.60. The first-order valence-corrected chi connectivity index (χ1v) is 4.57. The lowest BCUT2D eigenvalue weighted by atomic mass is 10.0. The van der Waals surface area contributed by atoms with Gasteiger partial charge >= 0.3 is 29.6 Å². The fourth-order valence-electron chi connectivity index (χ4n) is 0.762. The molecule has 0 radical (unpaired) electrons. The van der Waals surface area contributed by atoms with Crippen molar-refractivity contribution in [3.8, 4) is 0 Å².